The molecule has 0 spiro atoms. The van der Waals surface area contributed by atoms with Crippen LogP contribution in [0.3, 0.4) is 0 Å². The first-order valence-electron chi connectivity index (χ1n) is 16.5. The van der Waals surface area contributed by atoms with E-state index >= 15 is 0 Å². The van der Waals surface area contributed by atoms with Crippen molar-refractivity contribution in [2.45, 2.75) is 52.1 Å². The van der Waals surface area contributed by atoms with E-state index in [1.165, 1.54) is 6.07 Å². The zero-order valence-corrected chi connectivity index (χ0v) is 30.5. The molecule has 0 saturated heterocycles. The van der Waals surface area contributed by atoms with E-state index in [0.717, 1.165) is 31.5 Å². The first-order valence-corrected chi connectivity index (χ1v) is 17.7. The molecule has 2 aromatic heterocycles. The summed E-state index contributed by atoms with van der Waals surface area (Å²) < 4.78 is 13.4. The number of thiophene rings is 1. The molecule has 2 aliphatic rings. The molecule has 3 N–H and O–H groups in total. The van der Waals surface area contributed by atoms with Gasteiger partial charge in [0.05, 0.1) is 36.1 Å². The lowest BCUT2D eigenvalue weighted by molar-refractivity contribution is -0.126. The highest BCUT2D eigenvalue weighted by atomic mass is 35.5. The number of nitrogens with one attached hydrogen (secondary N) is 1. The maximum Gasteiger partial charge on any atom is 0.265 e. The average molecular weight is 746 g/mol. The number of amides is 4. The summed E-state index contributed by atoms with van der Waals surface area (Å²) in [5, 5.41) is 13.2. The molecular formula is C36H36ClN7O7S. The number of carbonyl (C=O) groups excluding carboxylic acids is 5. The number of imide groups is 1. The molecule has 0 saturated carbocycles. The molecule has 16 heteroatoms. The van der Waals surface area contributed by atoms with Gasteiger partial charge in [0.25, 0.3) is 17.7 Å². The van der Waals surface area contributed by atoms with E-state index in [1.807, 2.05) is 37.5 Å². The van der Waals surface area contributed by atoms with Crippen LogP contribution >= 0.6 is 22.9 Å². The maximum atomic E-state index is 14.0. The van der Waals surface area contributed by atoms with Crippen molar-refractivity contribution in [2.75, 3.05) is 26.4 Å². The second-order valence-electron chi connectivity index (χ2n) is 12.5. The summed E-state index contributed by atoms with van der Waals surface area (Å²) in [7, 11) is 0. The molecule has 0 bridgehead atoms. The minimum atomic E-state index is -1.45. The van der Waals surface area contributed by atoms with Crippen molar-refractivity contribution in [2.24, 2.45) is 10.7 Å². The number of nitrogens with two attached hydrogens (primary N) is 1. The highest BCUT2D eigenvalue weighted by molar-refractivity contribution is 7.15. The largest absolute Gasteiger partial charge is 0.490 e. The molecule has 2 atom stereocenters. The average Bonchev–Trinajstić information content (AvgIpc) is 3.71. The topological polar surface area (TPSA) is 188 Å². The van der Waals surface area contributed by atoms with Gasteiger partial charge in [0.15, 0.2) is 11.4 Å². The Labute approximate surface area is 308 Å². The van der Waals surface area contributed by atoms with Gasteiger partial charge in [0, 0.05) is 34.0 Å². The number of aliphatic imine (C=N–C) groups is 1. The number of benzene rings is 2. The number of ether oxygens (including phenoxy) is 2. The van der Waals surface area contributed by atoms with Crippen molar-refractivity contribution in [1.82, 2.24) is 25.0 Å². The van der Waals surface area contributed by atoms with Crippen LogP contribution in [0.15, 0.2) is 47.5 Å². The molecule has 0 fully saturated rings. The van der Waals surface area contributed by atoms with Crippen LogP contribution in [0.2, 0.25) is 5.02 Å². The summed E-state index contributed by atoms with van der Waals surface area (Å²) >= 11 is 7.80. The van der Waals surface area contributed by atoms with Crippen molar-refractivity contribution in [3.63, 3.8) is 0 Å². The Morgan fingerprint density at radius 1 is 1.04 bits per heavy atom. The number of fused-ring (bicyclic) bond motifs is 4. The number of hydrogen-bond donors (Lipinski definition) is 2. The second kappa shape index (κ2) is 14.8. The maximum absolute atomic E-state index is 14.0. The molecule has 14 nitrogen and oxygen atoms in total. The number of rotatable bonds is 14. The Morgan fingerprint density at radius 3 is 2.50 bits per heavy atom. The van der Waals surface area contributed by atoms with Crippen molar-refractivity contribution in [3.8, 4) is 10.8 Å². The van der Waals surface area contributed by atoms with Crippen LogP contribution in [0, 0.1) is 20.8 Å². The molecule has 4 aromatic rings. The predicted molar refractivity (Wildman–Crippen MR) is 192 cm³/mol. The molecule has 4 amide bonds. The smallest absolute Gasteiger partial charge is 0.265 e. The van der Waals surface area contributed by atoms with Crippen LogP contribution in [-0.4, -0.2) is 87.7 Å². The van der Waals surface area contributed by atoms with E-state index in [2.05, 4.69) is 15.5 Å². The van der Waals surface area contributed by atoms with E-state index in [9.17, 15) is 24.0 Å². The first-order chi connectivity index (χ1) is 24.9. The minimum Gasteiger partial charge on any atom is -0.490 e. The molecule has 0 radical (unpaired) electrons. The standard InChI is InChI=1S/C36H36ClN7O7S/c1-19-20(2)52-33-28(19)30(22-8-10-23(37)11-9-22)40-36(4,34-42-41-21(3)43(33)34)35(49)39-14-15-50-16-17-51-26-7-5-6-25-29(26)32(48)44(31(25)47)24(18-45)12-13-27(38)46/h5-11,18,24H,12-17H2,1-4H3,(H2,38,46)(H,39,49)/t24?,36-/m0/s1. The number of primary amides is 1. The van der Waals surface area contributed by atoms with Gasteiger partial charge in [0.1, 0.15) is 29.5 Å². The summed E-state index contributed by atoms with van der Waals surface area (Å²) in [5.41, 5.74) is 7.27. The van der Waals surface area contributed by atoms with Crippen LogP contribution < -0.4 is 15.8 Å². The van der Waals surface area contributed by atoms with E-state index < -0.39 is 35.2 Å². The molecule has 1 unspecified atom stereocenters. The van der Waals surface area contributed by atoms with Crippen LogP contribution in [0.1, 0.15) is 73.7 Å². The lowest BCUT2D eigenvalue weighted by atomic mass is 9.97. The summed E-state index contributed by atoms with van der Waals surface area (Å²) in [6, 6.07) is 10.8. The number of halogens is 1. The van der Waals surface area contributed by atoms with Gasteiger partial charge in [-0.05, 0) is 63.9 Å². The van der Waals surface area contributed by atoms with Gasteiger partial charge in [-0.15, -0.1) is 21.5 Å². The van der Waals surface area contributed by atoms with Crippen LogP contribution in [0.5, 0.6) is 5.75 Å². The van der Waals surface area contributed by atoms with E-state index in [-0.39, 0.29) is 56.1 Å². The second-order valence-corrected chi connectivity index (χ2v) is 14.1. The SMILES string of the molecule is Cc1sc2c(c1C)C(c1ccc(Cl)cc1)=N[C@](C)(C(=O)NCCOCCOc1cccc3c1C(=O)N(C(C=O)CCC(N)=O)C3=O)c1nnc(C)n1-2. The third-order valence-corrected chi connectivity index (χ3v) is 10.5. The molecule has 0 aliphatic carbocycles. The number of carbonyl (C=O) groups is 5. The molecule has 2 aromatic carbocycles. The summed E-state index contributed by atoms with van der Waals surface area (Å²) in [6.45, 7) is 8.05. The molecule has 4 heterocycles. The molecular weight excluding hydrogens is 710 g/mol. The third kappa shape index (κ3) is 6.62. The fraction of sp³-hybridized carbons (Fsp3) is 0.333. The summed E-state index contributed by atoms with van der Waals surface area (Å²) in [5.74, 6) is -1.22. The van der Waals surface area contributed by atoms with Gasteiger partial charge in [-0.3, -0.25) is 33.6 Å². The van der Waals surface area contributed by atoms with Gasteiger partial charge in [0.2, 0.25) is 5.91 Å². The van der Waals surface area contributed by atoms with Crippen molar-refractivity contribution in [3.05, 3.63) is 91.8 Å². The summed E-state index contributed by atoms with van der Waals surface area (Å²) in [6.07, 6.45) is 0.214. The van der Waals surface area contributed by atoms with Crippen LogP contribution in [-0.2, 0) is 24.7 Å². The van der Waals surface area contributed by atoms with Crippen LogP contribution in [0.4, 0.5) is 0 Å². The van der Waals surface area contributed by atoms with Crippen molar-refractivity contribution in [1.29, 1.82) is 0 Å². The van der Waals surface area contributed by atoms with Crippen molar-refractivity contribution < 1.29 is 33.4 Å². The van der Waals surface area contributed by atoms with Gasteiger partial charge >= 0.3 is 0 Å². The zero-order valence-electron chi connectivity index (χ0n) is 28.9. The highest BCUT2D eigenvalue weighted by Crippen LogP contribution is 2.41. The monoisotopic (exact) mass is 745 g/mol. The van der Waals surface area contributed by atoms with Crippen LogP contribution in [0.25, 0.3) is 5.00 Å². The Kier molecular flexibility index (Phi) is 10.4. The third-order valence-electron chi connectivity index (χ3n) is 9.06. The fourth-order valence-electron chi connectivity index (χ4n) is 6.23. The lowest BCUT2D eigenvalue weighted by Crippen LogP contribution is -2.44. The number of hydrogen-bond acceptors (Lipinski definition) is 11. The Hall–Kier alpha value is -5.25. The predicted octanol–water partition coefficient (Wildman–Crippen LogP) is 3.61. The zero-order chi connectivity index (χ0) is 37.3. The number of aldehydes is 1. The van der Waals surface area contributed by atoms with Gasteiger partial charge < -0.3 is 25.3 Å². The molecule has 6 rings (SSSR count). The highest BCUT2D eigenvalue weighted by Gasteiger charge is 2.45. The Morgan fingerprint density at radius 2 is 1.79 bits per heavy atom. The minimum absolute atomic E-state index is 0.0284. The Bertz CT molecular complexity index is 2130. The number of nitrogens with zero attached hydrogens (tertiary/aromatic N) is 5. The molecule has 270 valence electrons. The number of aromatic nitrogens is 3. The molecule has 52 heavy (non-hydrogen) atoms. The Balaban J connectivity index is 1.11. The normalized spacial score (nSPS) is 16.8. The number of aryl methyl sites for hydroxylation is 2. The van der Waals surface area contributed by atoms with Gasteiger partial charge in [-0.1, -0.05) is 29.8 Å². The first kappa shape index (κ1) is 36.5. The van der Waals surface area contributed by atoms with Gasteiger partial charge in [-0.25, -0.2) is 0 Å². The lowest BCUT2D eigenvalue weighted by Gasteiger charge is -2.23. The summed E-state index contributed by atoms with van der Waals surface area (Å²) in [4.78, 5) is 70.2. The van der Waals surface area contributed by atoms with E-state index in [0.29, 0.717) is 28.7 Å². The molecule has 2 aliphatic heterocycles. The van der Waals surface area contributed by atoms with E-state index in [4.69, 9.17) is 31.8 Å². The van der Waals surface area contributed by atoms with E-state index in [1.54, 1.807) is 42.5 Å². The van der Waals surface area contributed by atoms with Crippen molar-refractivity contribution >= 4 is 58.6 Å². The van der Waals surface area contributed by atoms with Gasteiger partial charge in [-0.2, -0.15) is 0 Å². The fourth-order valence-corrected chi connectivity index (χ4v) is 7.56. The quantitative estimate of drug-likeness (QED) is 0.110.